The topological polar surface area (TPSA) is 79.3 Å². The average molecular weight is 599 g/mol. The van der Waals surface area contributed by atoms with E-state index in [0.29, 0.717) is 38.0 Å². The van der Waals surface area contributed by atoms with E-state index in [0.717, 1.165) is 29.8 Å². The number of likely N-dealkylation sites (tertiary alicyclic amines) is 1. The SMILES string of the molecule is CC(=O)O[C@@]12CC[C@H](N(CC(C)C)C(=O)C=Cc3cccc(C(F)(F)F)c3)[C@@H]3Oc4c(O)ccc5c4[C@@]31CCN(C)[C@@H]2C5. The summed E-state index contributed by atoms with van der Waals surface area (Å²) in [5.74, 6) is -0.218. The molecule has 5 atom stereocenters. The van der Waals surface area contributed by atoms with Crippen LogP contribution in [0.4, 0.5) is 13.2 Å². The van der Waals surface area contributed by atoms with Crippen LogP contribution in [-0.2, 0) is 32.3 Å². The van der Waals surface area contributed by atoms with Crippen LogP contribution in [-0.4, -0.2) is 70.7 Å². The van der Waals surface area contributed by atoms with Crippen molar-refractivity contribution >= 4 is 18.0 Å². The molecule has 0 aromatic heterocycles. The van der Waals surface area contributed by atoms with Crippen LogP contribution < -0.4 is 4.74 Å². The first-order valence-corrected chi connectivity index (χ1v) is 14.9. The third kappa shape index (κ3) is 4.51. The predicted octanol–water partition coefficient (Wildman–Crippen LogP) is 5.33. The minimum Gasteiger partial charge on any atom is -0.504 e. The van der Waals surface area contributed by atoms with Crippen LogP contribution in [0.5, 0.6) is 11.5 Å². The van der Waals surface area contributed by atoms with Crippen LogP contribution in [0, 0.1) is 5.92 Å². The van der Waals surface area contributed by atoms with Crippen LogP contribution >= 0.6 is 0 Å². The van der Waals surface area contributed by atoms with E-state index in [1.807, 2.05) is 27.0 Å². The van der Waals surface area contributed by atoms with Gasteiger partial charge in [0.25, 0.3) is 0 Å². The molecule has 2 aromatic rings. The van der Waals surface area contributed by atoms with Crippen molar-refractivity contribution in [3.8, 4) is 11.5 Å². The van der Waals surface area contributed by atoms with Gasteiger partial charge in [0, 0.05) is 25.1 Å². The molecule has 1 saturated heterocycles. The normalized spacial score (nSPS) is 29.3. The van der Waals surface area contributed by atoms with Crippen LogP contribution in [0.2, 0.25) is 0 Å². The summed E-state index contributed by atoms with van der Waals surface area (Å²) in [5.41, 5.74) is -0.268. The summed E-state index contributed by atoms with van der Waals surface area (Å²) in [5, 5.41) is 11.0. The number of halogens is 3. The van der Waals surface area contributed by atoms with Gasteiger partial charge in [-0.3, -0.25) is 14.5 Å². The third-order valence-electron chi connectivity index (χ3n) is 9.86. The van der Waals surface area contributed by atoms with E-state index in [4.69, 9.17) is 9.47 Å². The number of benzene rings is 2. The number of ether oxygens (including phenoxy) is 2. The van der Waals surface area contributed by atoms with Gasteiger partial charge in [0.05, 0.1) is 23.1 Å². The highest BCUT2D eigenvalue weighted by atomic mass is 19.4. The zero-order valence-corrected chi connectivity index (χ0v) is 24.8. The number of alkyl halides is 3. The Hall–Kier alpha value is -3.53. The van der Waals surface area contributed by atoms with E-state index < -0.39 is 34.9 Å². The molecule has 10 heteroatoms. The van der Waals surface area contributed by atoms with E-state index in [1.165, 1.54) is 31.2 Å². The largest absolute Gasteiger partial charge is 0.504 e. The number of hydrogen-bond acceptors (Lipinski definition) is 6. The Labute approximate surface area is 249 Å². The molecule has 2 aliphatic heterocycles. The molecule has 1 N–H and O–H groups in total. The van der Waals surface area contributed by atoms with Crippen molar-refractivity contribution in [1.82, 2.24) is 9.80 Å². The highest BCUT2D eigenvalue weighted by molar-refractivity contribution is 5.92. The van der Waals surface area contributed by atoms with Gasteiger partial charge in [0.15, 0.2) is 11.5 Å². The van der Waals surface area contributed by atoms with Crippen molar-refractivity contribution in [1.29, 1.82) is 0 Å². The summed E-state index contributed by atoms with van der Waals surface area (Å²) in [6.45, 7) is 6.54. The summed E-state index contributed by atoms with van der Waals surface area (Å²) in [6, 6.07) is 7.90. The number of phenols is 1. The molecule has 0 unspecified atom stereocenters. The molecule has 1 amide bonds. The molecule has 43 heavy (non-hydrogen) atoms. The first kappa shape index (κ1) is 29.5. The van der Waals surface area contributed by atoms with E-state index in [2.05, 4.69) is 4.90 Å². The predicted molar refractivity (Wildman–Crippen MR) is 153 cm³/mol. The van der Waals surface area contributed by atoms with Crippen LogP contribution in [0.25, 0.3) is 6.08 Å². The molecule has 6 rings (SSSR count). The van der Waals surface area contributed by atoms with E-state index in [-0.39, 0.29) is 35.1 Å². The number of phenolic OH excluding ortho intramolecular Hbond substituents is 1. The molecular weight excluding hydrogens is 561 g/mol. The number of rotatable bonds is 6. The third-order valence-corrected chi connectivity index (χ3v) is 9.86. The van der Waals surface area contributed by atoms with Crippen molar-refractivity contribution in [2.24, 2.45) is 5.92 Å². The second-order valence-electron chi connectivity index (χ2n) is 12.8. The van der Waals surface area contributed by atoms with Gasteiger partial charge in [-0.1, -0.05) is 32.0 Å². The fourth-order valence-corrected chi connectivity index (χ4v) is 8.34. The summed E-state index contributed by atoms with van der Waals surface area (Å²) >= 11 is 0. The first-order chi connectivity index (χ1) is 20.3. The van der Waals surface area contributed by atoms with Gasteiger partial charge in [-0.25, -0.2) is 0 Å². The number of amides is 1. The fraction of sp³-hybridized carbons (Fsp3) is 0.515. The average Bonchev–Trinajstić information content (AvgIpc) is 3.29. The Balaban J connectivity index is 1.43. The van der Waals surface area contributed by atoms with Gasteiger partial charge in [0.2, 0.25) is 5.91 Å². The standard InChI is InChI=1S/C33H37F3N2O5/c1-19(2)18-38(27(41)11-8-21-6-5-7-23(16-21)33(34,35)36)24-12-13-32(43-20(3)39)26-17-22-9-10-25(40)29-28(22)31(32,30(24)42-29)14-15-37(26)4/h5-11,16,19,24,26,30,40H,12-15,17-18H2,1-4H3/t24-,26+,30-,31-,32+/m0/s1. The van der Waals surface area contributed by atoms with Crippen molar-refractivity contribution < 1.29 is 37.3 Å². The highest BCUT2D eigenvalue weighted by Crippen LogP contribution is 2.67. The molecule has 7 nitrogen and oxygen atoms in total. The van der Waals surface area contributed by atoms with E-state index in [1.54, 1.807) is 11.0 Å². The molecule has 0 radical (unpaired) electrons. The monoisotopic (exact) mass is 598 g/mol. The Kier molecular flexibility index (Phi) is 7.06. The van der Waals surface area contributed by atoms with Crippen molar-refractivity contribution in [3.63, 3.8) is 0 Å². The number of esters is 1. The van der Waals surface area contributed by atoms with Gasteiger partial charge in [-0.15, -0.1) is 0 Å². The number of piperidine rings is 1. The Morgan fingerprint density at radius 1 is 1.23 bits per heavy atom. The van der Waals surface area contributed by atoms with Gasteiger partial charge in [-0.2, -0.15) is 13.2 Å². The second kappa shape index (κ2) is 10.3. The Bertz CT molecular complexity index is 1490. The van der Waals surface area contributed by atoms with Gasteiger partial charge < -0.3 is 19.5 Å². The first-order valence-electron chi connectivity index (χ1n) is 14.9. The maximum Gasteiger partial charge on any atom is 0.416 e. The van der Waals surface area contributed by atoms with Crippen molar-refractivity contribution in [2.75, 3.05) is 20.1 Å². The zero-order valence-electron chi connectivity index (χ0n) is 24.8. The number of hydrogen-bond donors (Lipinski definition) is 1. The maximum atomic E-state index is 13.9. The van der Waals surface area contributed by atoms with E-state index in [9.17, 15) is 27.9 Å². The summed E-state index contributed by atoms with van der Waals surface area (Å²) in [4.78, 5) is 30.6. The molecule has 2 aliphatic carbocycles. The van der Waals surface area contributed by atoms with Crippen LogP contribution in [0.3, 0.4) is 0 Å². The minimum atomic E-state index is -4.49. The van der Waals surface area contributed by atoms with Crippen molar-refractivity contribution in [2.45, 2.75) is 81.8 Å². The number of aromatic hydroxyl groups is 1. The molecule has 2 bridgehead atoms. The lowest BCUT2D eigenvalue weighted by Gasteiger charge is -2.65. The Morgan fingerprint density at radius 3 is 2.70 bits per heavy atom. The van der Waals surface area contributed by atoms with Crippen LogP contribution in [0.1, 0.15) is 62.3 Å². The van der Waals surface area contributed by atoms with Gasteiger partial charge in [-0.05, 0) is 80.6 Å². The molecular formula is C33H37F3N2O5. The highest BCUT2D eigenvalue weighted by Gasteiger charge is 2.75. The molecule has 1 saturated carbocycles. The summed E-state index contributed by atoms with van der Waals surface area (Å²) in [6.07, 6.45) is -0.0980. The molecule has 4 aliphatic rings. The number of carbonyl (C=O) groups is 2. The fourth-order valence-electron chi connectivity index (χ4n) is 8.34. The lowest BCUT2D eigenvalue weighted by molar-refractivity contribution is -0.221. The number of nitrogens with zero attached hydrogens (tertiary/aromatic N) is 2. The zero-order chi connectivity index (χ0) is 30.9. The Morgan fingerprint density at radius 2 is 2.00 bits per heavy atom. The lowest BCUT2D eigenvalue weighted by Crippen LogP contribution is -2.79. The number of carbonyl (C=O) groups excluding carboxylic acids is 2. The van der Waals surface area contributed by atoms with Crippen LogP contribution in [0.15, 0.2) is 42.5 Å². The summed E-state index contributed by atoms with van der Waals surface area (Å²) < 4.78 is 52.9. The number of likely N-dealkylation sites (N-methyl/N-ethyl adjacent to an activating group) is 1. The van der Waals surface area contributed by atoms with Crippen molar-refractivity contribution in [3.05, 3.63) is 64.7 Å². The minimum absolute atomic E-state index is 0.0153. The molecule has 2 heterocycles. The second-order valence-corrected chi connectivity index (χ2v) is 12.8. The molecule has 2 fully saturated rings. The molecule has 2 aromatic carbocycles. The van der Waals surface area contributed by atoms with Gasteiger partial charge >= 0.3 is 12.1 Å². The lowest BCUT2D eigenvalue weighted by atomic mass is 9.48. The quantitative estimate of drug-likeness (QED) is 0.358. The van der Waals surface area contributed by atoms with Gasteiger partial charge in [0.1, 0.15) is 11.7 Å². The molecule has 230 valence electrons. The smallest absolute Gasteiger partial charge is 0.416 e. The summed E-state index contributed by atoms with van der Waals surface area (Å²) in [7, 11) is 2.04. The van der Waals surface area contributed by atoms with E-state index >= 15 is 0 Å². The maximum absolute atomic E-state index is 13.9. The molecule has 1 spiro atoms.